The number of fused-ring (bicyclic) bond motifs is 1. The van der Waals surface area contributed by atoms with E-state index in [4.69, 9.17) is 16.3 Å². The van der Waals surface area contributed by atoms with E-state index < -0.39 is 5.97 Å². The molecular formula is C23H20ClNO3S. The number of carbonyl (C=O) groups excluding carboxylic acids is 2. The molecule has 0 saturated carbocycles. The summed E-state index contributed by atoms with van der Waals surface area (Å²) in [6.45, 7) is 0. The fraction of sp³-hybridized carbons (Fsp3) is 0.217. The average Bonchev–Trinajstić information content (AvgIpc) is 3.16. The summed E-state index contributed by atoms with van der Waals surface area (Å²) in [4.78, 5) is 25.3. The third-order valence-corrected chi connectivity index (χ3v) is 6.41. The molecule has 0 bridgehead atoms. The first kappa shape index (κ1) is 19.7. The van der Waals surface area contributed by atoms with E-state index in [9.17, 15) is 9.59 Å². The Morgan fingerprint density at radius 3 is 2.59 bits per heavy atom. The lowest BCUT2D eigenvalue weighted by Gasteiger charge is -2.16. The highest BCUT2D eigenvalue weighted by Gasteiger charge is 2.24. The molecule has 4 rings (SSSR count). The summed E-state index contributed by atoms with van der Waals surface area (Å²) in [6, 6.07) is 13.1. The van der Waals surface area contributed by atoms with Crippen molar-refractivity contribution >= 4 is 39.8 Å². The van der Waals surface area contributed by atoms with Crippen molar-refractivity contribution in [1.82, 2.24) is 0 Å². The predicted octanol–water partition coefficient (Wildman–Crippen LogP) is 5.99. The first-order valence-electron chi connectivity index (χ1n) is 9.46. The molecule has 148 valence electrons. The molecule has 1 heterocycles. The molecule has 3 aromatic rings. The molecule has 0 unspecified atom stereocenters. The van der Waals surface area contributed by atoms with Gasteiger partial charge < -0.3 is 10.1 Å². The summed E-state index contributed by atoms with van der Waals surface area (Å²) >= 11 is 7.44. The molecule has 0 spiro atoms. The molecule has 1 amide bonds. The van der Waals surface area contributed by atoms with Crippen molar-refractivity contribution in [3.63, 3.8) is 0 Å². The molecule has 0 radical (unpaired) electrons. The van der Waals surface area contributed by atoms with Crippen LogP contribution in [0.3, 0.4) is 0 Å². The van der Waals surface area contributed by atoms with Crippen LogP contribution in [0.15, 0.2) is 47.8 Å². The summed E-state index contributed by atoms with van der Waals surface area (Å²) < 4.78 is 5.01. The van der Waals surface area contributed by atoms with Gasteiger partial charge >= 0.3 is 5.97 Å². The largest absolute Gasteiger partial charge is 0.465 e. The summed E-state index contributed by atoms with van der Waals surface area (Å²) in [6.07, 6.45) is 4.55. The van der Waals surface area contributed by atoms with Crippen LogP contribution < -0.4 is 5.32 Å². The highest BCUT2D eigenvalue weighted by atomic mass is 35.5. The molecule has 0 fully saturated rings. The standard InChI is InChI=1S/C23H20ClNO3S/c1-28-23(27)20-18(16-11-10-14-6-2-3-7-15(14)12-16)13-29-22(20)25-21(26)17-8-4-5-9-19(17)24/h4-5,8-13H,2-3,6-7H2,1H3,(H,25,26). The quantitative estimate of drug-likeness (QED) is 0.522. The van der Waals surface area contributed by atoms with E-state index in [1.807, 2.05) is 11.4 Å². The zero-order valence-corrected chi connectivity index (χ0v) is 17.5. The Morgan fingerprint density at radius 2 is 1.83 bits per heavy atom. The van der Waals surface area contributed by atoms with Gasteiger partial charge in [0.05, 0.1) is 17.7 Å². The Bertz CT molecular complexity index is 1090. The lowest BCUT2D eigenvalue weighted by atomic mass is 9.89. The van der Waals surface area contributed by atoms with Crippen molar-refractivity contribution in [1.29, 1.82) is 0 Å². The number of benzene rings is 2. The highest BCUT2D eigenvalue weighted by molar-refractivity contribution is 7.15. The molecule has 2 aromatic carbocycles. The monoisotopic (exact) mass is 425 g/mol. The molecule has 0 atom stereocenters. The van der Waals surface area contributed by atoms with Crippen molar-refractivity contribution in [3.8, 4) is 11.1 Å². The van der Waals surface area contributed by atoms with Gasteiger partial charge in [-0.2, -0.15) is 0 Å². The van der Waals surface area contributed by atoms with Crippen molar-refractivity contribution in [2.24, 2.45) is 0 Å². The fourth-order valence-corrected chi connectivity index (χ4v) is 4.86. The number of amides is 1. The molecule has 29 heavy (non-hydrogen) atoms. The van der Waals surface area contributed by atoms with Crippen LogP contribution in [0.2, 0.25) is 5.02 Å². The maximum absolute atomic E-state index is 12.7. The SMILES string of the molecule is COC(=O)c1c(-c2ccc3c(c2)CCCC3)csc1NC(=O)c1ccccc1Cl. The fourth-order valence-electron chi connectivity index (χ4n) is 3.68. The van der Waals surface area contributed by atoms with Crippen molar-refractivity contribution in [2.45, 2.75) is 25.7 Å². The Labute approximate surface area is 178 Å². The number of hydrogen-bond donors (Lipinski definition) is 1. The van der Waals surface area contributed by atoms with Crippen LogP contribution in [-0.2, 0) is 17.6 Å². The van der Waals surface area contributed by atoms with Crippen LogP contribution >= 0.6 is 22.9 Å². The molecule has 0 aliphatic heterocycles. The van der Waals surface area contributed by atoms with E-state index in [0.717, 1.165) is 24.0 Å². The van der Waals surface area contributed by atoms with Gasteiger partial charge in [-0.1, -0.05) is 41.9 Å². The Morgan fingerprint density at radius 1 is 1.07 bits per heavy atom. The zero-order chi connectivity index (χ0) is 20.4. The second kappa shape index (κ2) is 8.39. The molecular weight excluding hydrogens is 406 g/mol. The minimum atomic E-state index is -0.478. The van der Waals surface area contributed by atoms with E-state index in [1.54, 1.807) is 24.3 Å². The smallest absolute Gasteiger partial charge is 0.341 e. The van der Waals surface area contributed by atoms with Crippen LogP contribution in [0, 0.1) is 0 Å². The third kappa shape index (κ3) is 3.93. The summed E-state index contributed by atoms with van der Waals surface area (Å²) in [7, 11) is 1.34. The number of carbonyl (C=O) groups is 2. The first-order chi connectivity index (χ1) is 14.1. The van der Waals surface area contributed by atoms with Crippen LogP contribution in [0.25, 0.3) is 11.1 Å². The average molecular weight is 426 g/mol. The second-order valence-electron chi connectivity index (χ2n) is 6.97. The number of hydrogen-bond acceptors (Lipinski definition) is 4. The molecule has 6 heteroatoms. The third-order valence-electron chi connectivity index (χ3n) is 5.19. The molecule has 0 saturated heterocycles. The highest BCUT2D eigenvalue weighted by Crippen LogP contribution is 2.38. The number of ether oxygens (including phenoxy) is 1. The minimum Gasteiger partial charge on any atom is -0.465 e. The van der Waals surface area contributed by atoms with Gasteiger partial charge in [0.25, 0.3) is 5.91 Å². The van der Waals surface area contributed by atoms with Crippen LogP contribution in [0.4, 0.5) is 5.00 Å². The molecule has 4 nitrogen and oxygen atoms in total. The van der Waals surface area contributed by atoms with Gasteiger partial charge in [0.2, 0.25) is 0 Å². The summed E-state index contributed by atoms with van der Waals surface area (Å²) in [5, 5.41) is 5.53. The molecule has 1 N–H and O–H groups in total. The van der Waals surface area contributed by atoms with Gasteiger partial charge in [0, 0.05) is 10.9 Å². The topological polar surface area (TPSA) is 55.4 Å². The van der Waals surface area contributed by atoms with Gasteiger partial charge in [-0.25, -0.2) is 4.79 Å². The van der Waals surface area contributed by atoms with Crippen LogP contribution in [0.1, 0.15) is 44.7 Å². The molecule has 1 aromatic heterocycles. The Balaban J connectivity index is 1.72. The number of rotatable bonds is 4. The number of esters is 1. The molecule has 1 aliphatic carbocycles. The summed E-state index contributed by atoms with van der Waals surface area (Å²) in [5.41, 5.74) is 5.16. The number of anilines is 1. The Kier molecular flexibility index (Phi) is 5.69. The van der Waals surface area contributed by atoms with Gasteiger partial charge in [0.15, 0.2) is 0 Å². The van der Waals surface area contributed by atoms with E-state index in [-0.39, 0.29) is 5.91 Å². The number of nitrogens with one attached hydrogen (secondary N) is 1. The lowest BCUT2D eigenvalue weighted by molar-refractivity contribution is 0.0603. The van der Waals surface area contributed by atoms with Gasteiger partial charge in [-0.15, -0.1) is 11.3 Å². The van der Waals surface area contributed by atoms with Gasteiger partial charge in [0.1, 0.15) is 10.6 Å². The van der Waals surface area contributed by atoms with E-state index >= 15 is 0 Å². The maximum atomic E-state index is 12.7. The Hall–Kier alpha value is -2.63. The first-order valence-corrected chi connectivity index (χ1v) is 10.7. The lowest BCUT2D eigenvalue weighted by Crippen LogP contribution is -2.14. The van der Waals surface area contributed by atoms with Gasteiger partial charge in [-0.3, -0.25) is 4.79 Å². The van der Waals surface area contributed by atoms with Crippen LogP contribution in [0.5, 0.6) is 0 Å². The number of thiophene rings is 1. The van der Waals surface area contributed by atoms with E-state index in [1.165, 1.54) is 42.4 Å². The van der Waals surface area contributed by atoms with E-state index in [0.29, 0.717) is 21.2 Å². The van der Waals surface area contributed by atoms with Crippen molar-refractivity contribution in [3.05, 3.63) is 75.1 Å². The number of halogens is 1. The van der Waals surface area contributed by atoms with Crippen molar-refractivity contribution in [2.75, 3.05) is 12.4 Å². The van der Waals surface area contributed by atoms with Gasteiger partial charge in [-0.05, 0) is 54.5 Å². The molecule has 1 aliphatic rings. The summed E-state index contributed by atoms with van der Waals surface area (Å²) in [5.74, 6) is -0.840. The van der Waals surface area contributed by atoms with Crippen molar-refractivity contribution < 1.29 is 14.3 Å². The zero-order valence-electron chi connectivity index (χ0n) is 16.0. The predicted molar refractivity (Wildman–Crippen MR) is 117 cm³/mol. The second-order valence-corrected chi connectivity index (χ2v) is 8.26. The van der Waals surface area contributed by atoms with Crippen LogP contribution in [-0.4, -0.2) is 19.0 Å². The minimum absolute atomic E-state index is 0.355. The van der Waals surface area contributed by atoms with E-state index in [2.05, 4.69) is 17.4 Å². The number of aryl methyl sites for hydroxylation is 2. The maximum Gasteiger partial charge on any atom is 0.341 e. The number of methoxy groups -OCH3 is 1. The normalized spacial score (nSPS) is 12.9.